The molecule has 0 N–H and O–H groups in total. The highest BCUT2D eigenvalue weighted by atomic mass is 16.1. The van der Waals surface area contributed by atoms with Crippen LogP contribution in [-0.4, -0.2) is 10.8 Å². The number of aryl methyl sites for hydroxylation is 1. The van der Waals surface area contributed by atoms with Crippen LogP contribution in [0.5, 0.6) is 0 Å². The normalized spacial score (nSPS) is 10.1. The van der Waals surface area contributed by atoms with E-state index >= 15 is 0 Å². The fraction of sp³-hybridized carbons (Fsp3) is 0.143. The molecule has 80 valence electrons. The molecule has 0 saturated heterocycles. The van der Waals surface area contributed by atoms with Gasteiger partial charge in [0.05, 0.1) is 0 Å². The summed E-state index contributed by atoms with van der Waals surface area (Å²) in [5, 5.41) is 0. The average Bonchev–Trinajstić information content (AvgIpc) is 2.39. The van der Waals surface area contributed by atoms with Gasteiger partial charge in [-0.1, -0.05) is 37.3 Å². The standard InChI is InChI=1S/C14H13NO/c1-2-11-10-15-9-8-13(11)14(16)12-6-4-3-5-7-12/h3-10H,2H2,1H3. The van der Waals surface area contributed by atoms with Crippen molar-refractivity contribution in [2.75, 3.05) is 0 Å². The number of carbonyl (C=O) groups is 1. The molecule has 0 fully saturated rings. The molecular formula is C14H13NO. The van der Waals surface area contributed by atoms with E-state index in [4.69, 9.17) is 0 Å². The van der Waals surface area contributed by atoms with Crippen LogP contribution in [0.2, 0.25) is 0 Å². The van der Waals surface area contributed by atoms with Crippen LogP contribution >= 0.6 is 0 Å². The van der Waals surface area contributed by atoms with Crippen molar-refractivity contribution < 1.29 is 4.79 Å². The van der Waals surface area contributed by atoms with Crippen molar-refractivity contribution in [1.29, 1.82) is 0 Å². The molecular weight excluding hydrogens is 198 g/mol. The van der Waals surface area contributed by atoms with E-state index in [1.165, 1.54) is 0 Å². The first-order valence-electron chi connectivity index (χ1n) is 5.35. The Morgan fingerprint density at radius 3 is 2.62 bits per heavy atom. The molecule has 0 aliphatic carbocycles. The van der Waals surface area contributed by atoms with E-state index in [0.29, 0.717) is 0 Å². The lowest BCUT2D eigenvalue weighted by Gasteiger charge is -2.05. The van der Waals surface area contributed by atoms with Crippen molar-refractivity contribution in [3.05, 3.63) is 65.5 Å². The summed E-state index contributed by atoms with van der Waals surface area (Å²) >= 11 is 0. The van der Waals surface area contributed by atoms with Gasteiger partial charge >= 0.3 is 0 Å². The molecule has 0 aliphatic rings. The first-order chi connectivity index (χ1) is 7.83. The molecule has 16 heavy (non-hydrogen) atoms. The maximum Gasteiger partial charge on any atom is 0.193 e. The van der Waals surface area contributed by atoms with Crippen molar-refractivity contribution in [2.24, 2.45) is 0 Å². The predicted octanol–water partition coefficient (Wildman–Crippen LogP) is 2.88. The van der Waals surface area contributed by atoms with Crippen LogP contribution in [-0.2, 0) is 6.42 Å². The Kier molecular flexibility index (Phi) is 3.10. The van der Waals surface area contributed by atoms with E-state index in [1.54, 1.807) is 18.5 Å². The molecule has 2 rings (SSSR count). The van der Waals surface area contributed by atoms with Gasteiger partial charge in [0.1, 0.15) is 0 Å². The predicted molar refractivity (Wildman–Crippen MR) is 63.5 cm³/mol. The van der Waals surface area contributed by atoms with Crippen LogP contribution in [0.3, 0.4) is 0 Å². The highest BCUT2D eigenvalue weighted by Crippen LogP contribution is 2.13. The molecule has 1 aromatic heterocycles. The first kappa shape index (κ1) is 10.6. The van der Waals surface area contributed by atoms with Crippen LogP contribution < -0.4 is 0 Å². The van der Waals surface area contributed by atoms with Crippen molar-refractivity contribution >= 4 is 5.78 Å². The zero-order valence-electron chi connectivity index (χ0n) is 9.18. The van der Waals surface area contributed by atoms with Crippen molar-refractivity contribution in [1.82, 2.24) is 4.98 Å². The van der Waals surface area contributed by atoms with E-state index in [-0.39, 0.29) is 5.78 Å². The van der Waals surface area contributed by atoms with Crippen molar-refractivity contribution in [3.63, 3.8) is 0 Å². The molecule has 0 aliphatic heterocycles. The number of benzene rings is 1. The van der Waals surface area contributed by atoms with Crippen LogP contribution in [0, 0.1) is 0 Å². The number of carbonyl (C=O) groups excluding carboxylic acids is 1. The smallest absolute Gasteiger partial charge is 0.193 e. The molecule has 0 unspecified atom stereocenters. The lowest BCUT2D eigenvalue weighted by atomic mass is 9.99. The Bertz CT molecular complexity index is 491. The van der Waals surface area contributed by atoms with Gasteiger partial charge in [0.15, 0.2) is 5.78 Å². The van der Waals surface area contributed by atoms with Gasteiger partial charge < -0.3 is 0 Å². The number of aromatic nitrogens is 1. The van der Waals surface area contributed by atoms with E-state index in [2.05, 4.69) is 4.98 Å². The minimum absolute atomic E-state index is 0.0693. The summed E-state index contributed by atoms with van der Waals surface area (Å²) in [5.41, 5.74) is 2.48. The molecule has 2 aromatic rings. The lowest BCUT2D eigenvalue weighted by molar-refractivity contribution is 0.103. The van der Waals surface area contributed by atoms with Crippen LogP contribution in [0.25, 0.3) is 0 Å². The molecule has 0 radical (unpaired) electrons. The SMILES string of the molecule is CCc1cnccc1C(=O)c1ccccc1. The number of hydrogen-bond acceptors (Lipinski definition) is 2. The van der Waals surface area contributed by atoms with Gasteiger partial charge in [-0.3, -0.25) is 9.78 Å². The van der Waals surface area contributed by atoms with Crippen LogP contribution in [0.4, 0.5) is 0 Å². The fourth-order valence-electron chi connectivity index (χ4n) is 1.68. The number of hydrogen-bond donors (Lipinski definition) is 0. The van der Waals surface area contributed by atoms with Gasteiger partial charge in [-0.15, -0.1) is 0 Å². The molecule has 0 atom stereocenters. The maximum absolute atomic E-state index is 12.2. The second kappa shape index (κ2) is 4.71. The van der Waals surface area contributed by atoms with Gasteiger partial charge in [-0.25, -0.2) is 0 Å². The highest BCUT2D eigenvalue weighted by molar-refractivity contribution is 6.09. The van der Waals surface area contributed by atoms with E-state index in [1.807, 2.05) is 37.3 Å². The maximum atomic E-state index is 12.2. The molecule has 2 nitrogen and oxygen atoms in total. The van der Waals surface area contributed by atoms with Gasteiger partial charge in [-0.2, -0.15) is 0 Å². The minimum atomic E-state index is 0.0693. The minimum Gasteiger partial charge on any atom is -0.289 e. The summed E-state index contributed by atoms with van der Waals surface area (Å²) in [6, 6.07) is 11.1. The van der Waals surface area contributed by atoms with Crippen LogP contribution in [0.15, 0.2) is 48.8 Å². The van der Waals surface area contributed by atoms with Crippen LogP contribution in [0.1, 0.15) is 28.4 Å². The van der Waals surface area contributed by atoms with Gasteiger partial charge in [0, 0.05) is 23.5 Å². The van der Waals surface area contributed by atoms with Gasteiger partial charge in [-0.05, 0) is 18.1 Å². The number of nitrogens with zero attached hydrogens (tertiary/aromatic N) is 1. The quantitative estimate of drug-likeness (QED) is 0.731. The Labute approximate surface area is 95.0 Å². The molecule has 0 amide bonds. The second-order valence-corrected chi connectivity index (χ2v) is 3.58. The molecule has 2 heteroatoms. The third-order valence-corrected chi connectivity index (χ3v) is 2.57. The van der Waals surface area contributed by atoms with E-state index in [9.17, 15) is 4.79 Å². The molecule has 0 saturated carbocycles. The topological polar surface area (TPSA) is 30.0 Å². The Morgan fingerprint density at radius 2 is 1.94 bits per heavy atom. The lowest BCUT2D eigenvalue weighted by Crippen LogP contribution is -2.05. The Balaban J connectivity index is 2.42. The number of ketones is 1. The monoisotopic (exact) mass is 211 g/mol. The average molecular weight is 211 g/mol. The summed E-state index contributed by atoms with van der Waals surface area (Å²) in [6.07, 6.45) is 4.24. The number of rotatable bonds is 3. The number of pyridine rings is 1. The Morgan fingerprint density at radius 1 is 1.19 bits per heavy atom. The highest BCUT2D eigenvalue weighted by Gasteiger charge is 2.11. The van der Waals surface area contributed by atoms with E-state index in [0.717, 1.165) is 23.1 Å². The summed E-state index contributed by atoms with van der Waals surface area (Å²) in [6.45, 7) is 2.03. The van der Waals surface area contributed by atoms with E-state index < -0.39 is 0 Å². The summed E-state index contributed by atoms with van der Waals surface area (Å²) in [4.78, 5) is 16.2. The Hall–Kier alpha value is -1.96. The van der Waals surface area contributed by atoms with Gasteiger partial charge in [0.2, 0.25) is 0 Å². The molecule has 1 aromatic carbocycles. The summed E-state index contributed by atoms with van der Waals surface area (Å²) < 4.78 is 0. The van der Waals surface area contributed by atoms with Crippen molar-refractivity contribution in [3.8, 4) is 0 Å². The first-order valence-corrected chi connectivity index (χ1v) is 5.35. The molecule has 1 heterocycles. The zero-order valence-corrected chi connectivity index (χ0v) is 9.18. The summed E-state index contributed by atoms with van der Waals surface area (Å²) in [5.74, 6) is 0.0693. The molecule has 0 spiro atoms. The summed E-state index contributed by atoms with van der Waals surface area (Å²) in [7, 11) is 0. The van der Waals surface area contributed by atoms with Crippen molar-refractivity contribution in [2.45, 2.75) is 13.3 Å². The third-order valence-electron chi connectivity index (χ3n) is 2.57. The van der Waals surface area contributed by atoms with Gasteiger partial charge in [0.25, 0.3) is 0 Å². The fourth-order valence-corrected chi connectivity index (χ4v) is 1.68. The zero-order chi connectivity index (χ0) is 11.4. The second-order valence-electron chi connectivity index (χ2n) is 3.58. The third kappa shape index (κ3) is 2.01. The largest absolute Gasteiger partial charge is 0.289 e. The molecule has 0 bridgehead atoms.